The molecule has 1 rings (SSSR count). The van der Waals surface area contributed by atoms with E-state index in [1.54, 1.807) is 13.3 Å². The van der Waals surface area contributed by atoms with E-state index >= 15 is 0 Å². The molecule has 2 heteroatoms. The summed E-state index contributed by atoms with van der Waals surface area (Å²) in [6.07, 6.45) is 10.6. The van der Waals surface area contributed by atoms with Gasteiger partial charge in [0.05, 0.1) is 13.3 Å². The Hall–Kier alpha value is -1.31. The highest BCUT2D eigenvalue weighted by Crippen LogP contribution is 2.23. The normalized spacial score (nSPS) is 11.6. The predicted molar refractivity (Wildman–Crippen MR) is 68.6 cm³/mol. The molecule has 0 saturated carbocycles. The molecular formula is C14H21NO. The standard InChI is InChI=1S/C14H21NO/c1-4-6-8-12(7-5-2)13-9-14(16-3)11-15-10-13/h8-11H,4-7H2,1-3H3. The van der Waals surface area contributed by atoms with Gasteiger partial charge in [0, 0.05) is 6.20 Å². The zero-order valence-electron chi connectivity index (χ0n) is 10.5. The van der Waals surface area contributed by atoms with E-state index in [2.05, 4.69) is 31.0 Å². The molecule has 2 nitrogen and oxygen atoms in total. The van der Waals surface area contributed by atoms with Crippen molar-refractivity contribution in [2.45, 2.75) is 39.5 Å². The van der Waals surface area contributed by atoms with Crippen LogP contribution < -0.4 is 4.74 Å². The lowest BCUT2D eigenvalue weighted by atomic mass is 10.0. The highest BCUT2D eigenvalue weighted by atomic mass is 16.5. The second kappa shape index (κ2) is 7.04. The molecule has 0 aliphatic carbocycles. The van der Waals surface area contributed by atoms with Gasteiger partial charge >= 0.3 is 0 Å². The van der Waals surface area contributed by atoms with Crippen molar-refractivity contribution >= 4 is 5.57 Å². The minimum Gasteiger partial charge on any atom is -0.495 e. The molecule has 0 aliphatic rings. The van der Waals surface area contributed by atoms with Crippen LogP contribution in [0.2, 0.25) is 0 Å². The maximum Gasteiger partial charge on any atom is 0.137 e. The molecule has 0 aromatic carbocycles. The minimum absolute atomic E-state index is 0.830. The van der Waals surface area contributed by atoms with Crippen LogP contribution in [0.4, 0.5) is 0 Å². The number of unbranched alkanes of at least 4 members (excludes halogenated alkanes) is 1. The summed E-state index contributed by atoms with van der Waals surface area (Å²) < 4.78 is 5.20. The van der Waals surface area contributed by atoms with E-state index in [4.69, 9.17) is 4.74 Å². The summed E-state index contributed by atoms with van der Waals surface area (Å²) in [5.41, 5.74) is 2.57. The number of hydrogen-bond donors (Lipinski definition) is 0. The van der Waals surface area contributed by atoms with Gasteiger partial charge in [-0.15, -0.1) is 0 Å². The summed E-state index contributed by atoms with van der Waals surface area (Å²) in [6, 6.07) is 2.06. The number of pyridine rings is 1. The molecule has 88 valence electrons. The first-order valence-corrected chi connectivity index (χ1v) is 6.00. The largest absolute Gasteiger partial charge is 0.495 e. The zero-order valence-corrected chi connectivity index (χ0v) is 10.5. The summed E-state index contributed by atoms with van der Waals surface area (Å²) in [6.45, 7) is 4.40. The van der Waals surface area contributed by atoms with Gasteiger partial charge in [-0.1, -0.05) is 32.8 Å². The fraction of sp³-hybridized carbons (Fsp3) is 0.500. The first kappa shape index (κ1) is 12.8. The molecule has 16 heavy (non-hydrogen) atoms. The summed E-state index contributed by atoms with van der Waals surface area (Å²) >= 11 is 0. The topological polar surface area (TPSA) is 22.1 Å². The van der Waals surface area contributed by atoms with E-state index in [0.717, 1.165) is 25.0 Å². The molecule has 0 amide bonds. The number of rotatable bonds is 6. The van der Waals surface area contributed by atoms with Gasteiger partial charge in [-0.2, -0.15) is 0 Å². The van der Waals surface area contributed by atoms with E-state index in [9.17, 15) is 0 Å². The molecule has 0 spiro atoms. The van der Waals surface area contributed by atoms with Crippen LogP contribution in [0.15, 0.2) is 24.5 Å². The van der Waals surface area contributed by atoms with Crippen molar-refractivity contribution in [1.29, 1.82) is 0 Å². The molecule has 0 unspecified atom stereocenters. The van der Waals surface area contributed by atoms with Crippen molar-refractivity contribution < 1.29 is 4.74 Å². The van der Waals surface area contributed by atoms with Crippen LogP contribution in [0.3, 0.4) is 0 Å². The van der Waals surface area contributed by atoms with Gasteiger partial charge in [0.2, 0.25) is 0 Å². The average molecular weight is 219 g/mol. The predicted octanol–water partition coefficient (Wildman–Crippen LogP) is 4.07. The molecule has 1 aromatic rings. The van der Waals surface area contributed by atoms with Crippen molar-refractivity contribution in [3.8, 4) is 5.75 Å². The van der Waals surface area contributed by atoms with Crippen LogP contribution in [0.1, 0.15) is 45.1 Å². The SMILES string of the molecule is CCCC=C(CCC)c1cncc(OC)c1. The third kappa shape index (κ3) is 3.69. The minimum atomic E-state index is 0.830. The first-order valence-electron chi connectivity index (χ1n) is 6.00. The monoisotopic (exact) mass is 219 g/mol. The Labute approximate surface area is 98.4 Å². The van der Waals surface area contributed by atoms with E-state index in [0.29, 0.717) is 0 Å². The van der Waals surface area contributed by atoms with Gasteiger partial charge in [-0.05, 0) is 30.0 Å². The van der Waals surface area contributed by atoms with Crippen molar-refractivity contribution in [3.63, 3.8) is 0 Å². The molecule has 0 bridgehead atoms. The number of hydrogen-bond acceptors (Lipinski definition) is 2. The van der Waals surface area contributed by atoms with Crippen LogP contribution in [-0.4, -0.2) is 12.1 Å². The van der Waals surface area contributed by atoms with E-state index < -0.39 is 0 Å². The summed E-state index contributed by atoms with van der Waals surface area (Å²) in [5, 5.41) is 0. The zero-order chi connectivity index (χ0) is 11.8. The highest BCUT2D eigenvalue weighted by molar-refractivity contribution is 5.65. The van der Waals surface area contributed by atoms with Crippen LogP contribution in [0.5, 0.6) is 5.75 Å². The molecular weight excluding hydrogens is 198 g/mol. The molecule has 1 heterocycles. The van der Waals surface area contributed by atoms with Crippen LogP contribution >= 0.6 is 0 Å². The lowest BCUT2D eigenvalue weighted by Gasteiger charge is -2.08. The van der Waals surface area contributed by atoms with Gasteiger partial charge in [0.25, 0.3) is 0 Å². The average Bonchev–Trinajstić information content (AvgIpc) is 2.34. The maximum atomic E-state index is 5.20. The van der Waals surface area contributed by atoms with Crippen molar-refractivity contribution in [2.75, 3.05) is 7.11 Å². The van der Waals surface area contributed by atoms with Gasteiger partial charge in [-0.25, -0.2) is 0 Å². The number of allylic oxidation sites excluding steroid dienone is 2. The van der Waals surface area contributed by atoms with Gasteiger partial charge in [0.1, 0.15) is 5.75 Å². The molecule has 0 atom stereocenters. The van der Waals surface area contributed by atoms with Crippen molar-refractivity contribution in [3.05, 3.63) is 30.1 Å². The first-order chi connectivity index (χ1) is 7.81. The van der Waals surface area contributed by atoms with Gasteiger partial charge in [-0.3, -0.25) is 4.98 Å². The second-order valence-corrected chi connectivity index (χ2v) is 3.88. The number of methoxy groups -OCH3 is 1. The Bertz CT molecular complexity index is 344. The summed E-state index contributed by atoms with van der Waals surface area (Å²) in [4.78, 5) is 4.20. The van der Waals surface area contributed by atoms with Gasteiger partial charge in [0.15, 0.2) is 0 Å². The lowest BCUT2D eigenvalue weighted by molar-refractivity contribution is 0.412. The van der Waals surface area contributed by atoms with Gasteiger partial charge < -0.3 is 4.74 Å². The molecule has 1 aromatic heterocycles. The molecule has 0 N–H and O–H groups in total. The van der Waals surface area contributed by atoms with E-state index in [-0.39, 0.29) is 0 Å². The number of nitrogens with zero attached hydrogens (tertiary/aromatic N) is 1. The Morgan fingerprint density at radius 2 is 2.12 bits per heavy atom. The van der Waals surface area contributed by atoms with Crippen molar-refractivity contribution in [2.24, 2.45) is 0 Å². The van der Waals surface area contributed by atoms with E-state index in [1.807, 2.05) is 6.20 Å². The molecule has 0 aliphatic heterocycles. The molecule has 0 radical (unpaired) electrons. The third-order valence-corrected chi connectivity index (χ3v) is 2.52. The fourth-order valence-corrected chi connectivity index (χ4v) is 1.66. The summed E-state index contributed by atoms with van der Waals surface area (Å²) in [7, 11) is 1.68. The lowest BCUT2D eigenvalue weighted by Crippen LogP contribution is -1.90. The van der Waals surface area contributed by atoms with Crippen molar-refractivity contribution in [1.82, 2.24) is 4.98 Å². The number of aromatic nitrogens is 1. The second-order valence-electron chi connectivity index (χ2n) is 3.88. The highest BCUT2D eigenvalue weighted by Gasteiger charge is 2.02. The smallest absolute Gasteiger partial charge is 0.137 e. The third-order valence-electron chi connectivity index (χ3n) is 2.52. The summed E-state index contributed by atoms with van der Waals surface area (Å²) in [5.74, 6) is 0.830. The maximum absolute atomic E-state index is 5.20. The van der Waals surface area contributed by atoms with E-state index in [1.165, 1.54) is 17.6 Å². The molecule has 0 saturated heterocycles. The Balaban J connectivity index is 2.91. The fourth-order valence-electron chi connectivity index (χ4n) is 1.66. The number of ether oxygens (including phenoxy) is 1. The van der Waals surface area contributed by atoms with Crippen LogP contribution in [0, 0.1) is 0 Å². The molecule has 0 fully saturated rings. The Morgan fingerprint density at radius 3 is 2.75 bits per heavy atom. The Morgan fingerprint density at radius 1 is 1.31 bits per heavy atom. The van der Waals surface area contributed by atoms with Crippen LogP contribution in [0.25, 0.3) is 5.57 Å². The Kier molecular flexibility index (Phi) is 5.62. The van der Waals surface area contributed by atoms with Crippen LogP contribution in [-0.2, 0) is 0 Å². The quantitative estimate of drug-likeness (QED) is 0.719.